The first-order chi connectivity index (χ1) is 11.3. The van der Waals surface area contributed by atoms with Crippen molar-refractivity contribution >= 4 is 17.3 Å². The number of carbonyl (C=O) groups excluding carboxylic acids is 1. The minimum atomic E-state index is 0.161. The monoisotopic (exact) mass is 310 g/mol. The van der Waals surface area contributed by atoms with Gasteiger partial charge in [0.15, 0.2) is 0 Å². The Morgan fingerprint density at radius 1 is 1.09 bits per heavy atom. The number of nitrogens with zero attached hydrogens (tertiary/aromatic N) is 2. The van der Waals surface area contributed by atoms with E-state index in [-0.39, 0.29) is 5.91 Å². The summed E-state index contributed by atoms with van der Waals surface area (Å²) < 4.78 is 0. The molecule has 0 bridgehead atoms. The molecule has 3 rings (SSSR count). The highest BCUT2D eigenvalue weighted by atomic mass is 16.2. The van der Waals surface area contributed by atoms with Gasteiger partial charge in [0.05, 0.1) is 12.2 Å². The molecule has 1 amide bonds. The van der Waals surface area contributed by atoms with Gasteiger partial charge < -0.3 is 15.5 Å². The number of para-hydroxylation sites is 1. The molecule has 1 aromatic heterocycles. The molecule has 2 N–H and O–H groups in total. The van der Waals surface area contributed by atoms with Crippen molar-refractivity contribution < 1.29 is 4.79 Å². The van der Waals surface area contributed by atoms with Gasteiger partial charge in [-0.15, -0.1) is 0 Å². The Bertz CT molecular complexity index is 609. The number of aromatic nitrogens is 1. The molecule has 23 heavy (non-hydrogen) atoms. The van der Waals surface area contributed by atoms with Crippen LogP contribution in [0.15, 0.2) is 54.9 Å². The normalized spacial score (nSPS) is 15.2. The Kier molecular flexibility index (Phi) is 5.09. The van der Waals surface area contributed by atoms with Crippen LogP contribution in [0.1, 0.15) is 12.8 Å². The van der Waals surface area contributed by atoms with Crippen molar-refractivity contribution in [3.05, 3.63) is 54.9 Å². The smallest absolute Gasteiger partial charge is 0.241 e. The lowest BCUT2D eigenvalue weighted by Gasteiger charge is -2.33. The fraction of sp³-hybridized carbons (Fsp3) is 0.333. The van der Waals surface area contributed by atoms with E-state index < -0.39 is 0 Å². The Hall–Kier alpha value is -2.56. The van der Waals surface area contributed by atoms with Gasteiger partial charge in [0.1, 0.15) is 0 Å². The molecule has 0 saturated carbocycles. The van der Waals surface area contributed by atoms with E-state index in [9.17, 15) is 4.79 Å². The van der Waals surface area contributed by atoms with Gasteiger partial charge in [0.25, 0.3) is 0 Å². The number of nitrogens with one attached hydrogen (secondary N) is 2. The number of carbonyl (C=O) groups is 1. The highest BCUT2D eigenvalue weighted by molar-refractivity contribution is 5.81. The second-order valence-electron chi connectivity index (χ2n) is 5.76. The molecule has 0 radical (unpaired) electrons. The van der Waals surface area contributed by atoms with Gasteiger partial charge in [0.2, 0.25) is 5.91 Å². The Labute approximate surface area is 136 Å². The maximum atomic E-state index is 12.3. The minimum Gasteiger partial charge on any atom is -0.381 e. The molecule has 1 aromatic carbocycles. The summed E-state index contributed by atoms with van der Waals surface area (Å²) >= 11 is 0. The molecule has 1 aliphatic rings. The zero-order chi connectivity index (χ0) is 15.9. The first-order valence-corrected chi connectivity index (χ1v) is 8.04. The number of rotatable bonds is 5. The summed E-state index contributed by atoms with van der Waals surface area (Å²) in [6.45, 7) is 1.95. The Balaban J connectivity index is 1.42. The van der Waals surface area contributed by atoms with Crippen LogP contribution in [0.3, 0.4) is 0 Å². The molecule has 0 unspecified atom stereocenters. The lowest BCUT2D eigenvalue weighted by atomic mass is 10.0. The standard InChI is InChI=1S/C18H22N4O/c23-18(14-20-15-5-2-1-3-6-15)22-11-8-16(9-12-22)21-17-7-4-10-19-13-17/h1-7,10,13,16,20-21H,8-9,11-12,14H2. The molecule has 5 nitrogen and oxygen atoms in total. The predicted molar refractivity (Wildman–Crippen MR) is 92.4 cm³/mol. The third-order valence-corrected chi connectivity index (χ3v) is 4.10. The molecule has 0 aliphatic carbocycles. The number of likely N-dealkylation sites (tertiary alicyclic amines) is 1. The van der Waals surface area contributed by atoms with Crippen LogP contribution in [0.5, 0.6) is 0 Å². The molecular weight excluding hydrogens is 288 g/mol. The molecule has 0 atom stereocenters. The third kappa shape index (κ3) is 4.45. The number of pyridine rings is 1. The van der Waals surface area contributed by atoms with Crippen LogP contribution in [-0.2, 0) is 4.79 Å². The second-order valence-corrected chi connectivity index (χ2v) is 5.76. The summed E-state index contributed by atoms with van der Waals surface area (Å²) in [7, 11) is 0. The van der Waals surface area contributed by atoms with Gasteiger partial charge in [0, 0.05) is 37.2 Å². The van der Waals surface area contributed by atoms with E-state index in [1.807, 2.05) is 53.6 Å². The lowest BCUT2D eigenvalue weighted by molar-refractivity contribution is -0.130. The van der Waals surface area contributed by atoms with Crippen molar-refractivity contribution in [2.24, 2.45) is 0 Å². The van der Waals surface area contributed by atoms with Crippen molar-refractivity contribution in [2.45, 2.75) is 18.9 Å². The summed E-state index contributed by atoms with van der Waals surface area (Å²) in [6, 6.07) is 14.2. The van der Waals surface area contributed by atoms with Crippen molar-refractivity contribution in [3.8, 4) is 0 Å². The van der Waals surface area contributed by atoms with E-state index in [4.69, 9.17) is 0 Å². The maximum absolute atomic E-state index is 12.3. The second kappa shape index (κ2) is 7.63. The Morgan fingerprint density at radius 3 is 2.52 bits per heavy atom. The SMILES string of the molecule is O=C(CNc1ccccc1)N1CCC(Nc2cccnc2)CC1. The highest BCUT2D eigenvalue weighted by Crippen LogP contribution is 2.16. The molecule has 0 spiro atoms. The third-order valence-electron chi connectivity index (χ3n) is 4.10. The predicted octanol–water partition coefficient (Wildman–Crippen LogP) is 2.60. The molecule has 2 aromatic rings. The summed E-state index contributed by atoms with van der Waals surface area (Å²) in [4.78, 5) is 18.3. The summed E-state index contributed by atoms with van der Waals surface area (Å²) in [5.74, 6) is 0.161. The zero-order valence-corrected chi connectivity index (χ0v) is 13.1. The number of hydrogen-bond donors (Lipinski definition) is 2. The molecule has 5 heteroatoms. The van der Waals surface area contributed by atoms with Crippen LogP contribution in [0, 0.1) is 0 Å². The summed E-state index contributed by atoms with van der Waals surface area (Å²) in [6.07, 6.45) is 5.53. The maximum Gasteiger partial charge on any atom is 0.241 e. The molecule has 1 fully saturated rings. The average Bonchev–Trinajstić information content (AvgIpc) is 2.62. The van der Waals surface area contributed by atoms with Gasteiger partial charge in [-0.05, 0) is 37.1 Å². The van der Waals surface area contributed by atoms with E-state index in [0.717, 1.165) is 37.3 Å². The molecule has 120 valence electrons. The molecule has 1 saturated heterocycles. The first kappa shape index (κ1) is 15.3. The zero-order valence-electron chi connectivity index (χ0n) is 13.1. The number of anilines is 2. The number of hydrogen-bond acceptors (Lipinski definition) is 4. The van der Waals surface area contributed by atoms with Crippen LogP contribution in [-0.4, -0.2) is 41.5 Å². The van der Waals surface area contributed by atoms with Crippen molar-refractivity contribution in [3.63, 3.8) is 0 Å². The van der Waals surface area contributed by atoms with Gasteiger partial charge in [-0.2, -0.15) is 0 Å². The fourth-order valence-corrected chi connectivity index (χ4v) is 2.80. The average molecular weight is 310 g/mol. The van der Waals surface area contributed by atoms with Crippen LogP contribution in [0.2, 0.25) is 0 Å². The lowest BCUT2D eigenvalue weighted by Crippen LogP contribution is -2.44. The van der Waals surface area contributed by atoms with Gasteiger partial charge >= 0.3 is 0 Å². The number of amides is 1. The van der Waals surface area contributed by atoms with Gasteiger partial charge in [-0.3, -0.25) is 9.78 Å². The highest BCUT2D eigenvalue weighted by Gasteiger charge is 2.22. The first-order valence-electron chi connectivity index (χ1n) is 8.04. The van der Waals surface area contributed by atoms with Crippen LogP contribution in [0.4, 0.5) is 11.4 Å². The number of benzene rings is 1. The van der Waals surface area contributed by atoms with Crippen LogP contribution < -0.4 is 10.6 Å². The Morgan fingerprint density at radius 2 is 1.83 bits per heavy atom. The van der Waals surface area contributed by atoms with Crippen LogP contribution >= 0.6 is 0 Å². The van der Waals surface area contributed by atoms with Crippen molar-refractivity contribution in [1.82, 2.24) is 9.88 Å². The number of piperidine rings is 1. The van der Waals surface area contributed by atoms with Gasteiger partial charge in [-0.25, -0.2) is 0 Å². The van der Waals surface area contributed by atoms with E-state index in [2.05, 4.69) is 15.6 Å². The minimum absolute atomic E-state index is 0.161. The topological polar surface area (TPSA) is 57.3 Å². The van der Waals surface area contributed by atoms with Crippen molar-refractivity contribution in [1.29, 1.82) is 0 Å². The van der Waals surface area contributed by atoms with Crippen LogP contribution in [0.25, 0.3) is 0 Å². The summed E-state index contributed by atoms with van der Waals surface area (Å²) in [5, 5.41) is 6.66. The molecule has 2 heterocycles. The summed E-state index contributed by atoms with van der Waals surface area (Å²) in [5.41, 5.74) is 2.03. The van der Waals surface area contributed by atoms with Gasteiger partial charge in [-0.1, -0.05) is 18.2 Å². The van der Waals surface area contributed by atoms with E-state index in [1.54, 1.807) is 6.20 Å². The fourth-order valence-electron chi connectivity index (χ4n) is 2.80. The van der Waals surface area contributed by atoms with E-state index in [1.165, 1.54) is 0 Å². The van der Waals surface area contributed by atoms with Crippen molar-refractivity contribution in [2.75, 3.05) is 30.3 Å². The van der Waals surface area contributed by atoms with E-state index >= 15 is 0 Å². The largest absolute Gasteiger partial charge is 0.381 e. The molecular formula is C18H22N4O. The van der Waals surface area contributed by atoms with E-state index in [0.29, 0.717) is 12.6 Å². The molecule has 1 aliphatic heterocycles. The quantitative estimate of drug-likeness (QED) is 0.891.